The maximum atomic E-state index is 10.5. The van der Waals surface area contributed by atoms with Crippen LogP contribution in [0.15, 0.2) is 24.3 Å². The molecule has 0 spiro atoms. The zero-order chi connectivity index (χ0) is 20.6. The molecule has 3 aliphatic rings. The molecule has 1 saturated heterocycles. The van der Waals surface area contributed by atoms with Gasteiger partial charge in [-0.25, -0.2) is 0 Å². The van der Waals surface area contributed by atoms with Crippen molar-refractivity contribution in [1.82, 2.24) is 4.90 Å². The van der Waals surface area contributed by atoms with E-state index in [-0.39, 0.29) is 6.10 Å². The maximum Gasteiger partial charge on any atom is 0.0689 e. The summed E-state index contributed by atoms with van der Waals surface area (Å²) in [6, 6.07) is 8.06. The fourth-order valence-corrected chi connectivity index (χ4v) is 6.16. The Hall–Kier alpha value is -0.810. The lowest BCUT2D eigenvalue weighted by molar-refractivity contribution is -0.0564. The van der Waals surface area contributed by atoms with Gasteiger partial charge in [-0.2, -0.15) is 0 Å². The first kappa shape index (κ1) is 21.4. The summed E-state index contributed by atoms with van der Waals surface area (Å²) in [6.45, 7) is 12.6. The molecule has 3 fully saturated rings. The molecule has 4 rings (SSSR count). The minimum Gasteiger partial charge on any atom is -0.392 e. The summed E-state index contributed by atoms with van der Waals surface area (Å²) >= 11 is 6.12. The molecule has 1 N–H and O–H groups in total. The Balaban J connectivity index is 1.17. The Morgan fingerprint density at radius 2 is 1.97 bits per heavy atom. The molecule has 4 nitrogen and oxygen atoms in total. The molecule has 162 valence electrons. The van der Waals surface area contributed by atoms with Crippen LogP contribution in [0.1, 0.15) is 46.5 Å². The molecule has 1 heterocycles. The molecule has 0 radical (unpaired) electrons. The van der Waals surface area contributed by atoms with Crippen molar-refractivity contribution in [1.29, 1.82) is 0 Å². The molecule has 1 aliphatic heterocycles. The van der Waals surface area contributed by atoms with Crippen LogP contribution in [0.2, 0.25) is 5.02 Å². The molecule has 2 aliphatic carbocycles. The molecular weight excluding hydrogens is 384 g/mol. The summed E-state index contributed by atoms with van der Waals surface area (Å²) in [5.41, 5.74) is 1.88. The summed E-state index contributed by atoms with van der Waals surface area (Å²) in [5, 5.41) is 11.3. The van der Waals surface area contributed by atoms with Gasteiger partial charge in [-0.1, -0.05) is 38.4 Å². The summed E-state index contributed by atoms with van der Waals surface area (Å²) in [7, 11) is 0. The number of aliphatic hydroxyl groups is 1. The monoisotopic (exact) mass is 420 g/mol. The first-order valence-electron chi connectivity index (χ1n) is 11.3. The number of hydrogen-bond donors (Lipinski definition) is 1. The molecule has 0 amide bonds. The highest BCUT2D eigenvalue weighted by atomic mass is 35.5. The Bertz CT molecular complexity index is 704. The van der Waals surface area contributed by atoms with Gasteiger partial charge in [0.2, 0.25) is 0 Å². The van der Waals surface area contributed by atoms with Crippen LogP contribution in [0.4, 0.5) is 5.69 Å². The zero-order valence-electron chi connectivity index (χ0n) is 18.2. The van der Waals surface area contributed by atoms with Gasteiger partial charge < -0.3 is 14.7 Å². The van der Waals surface area contributed by atoms with Crippen molar-refractivity contribution in [3.63, 3.8) is 0 Å². The van der Waals surface area contributed by atoms with E-state index in [0.717, 1.165) is 50.1 Å². The molecule has 5 heteroatoms. The smallest absolute Gasteiger partial charge is 0.0689 e. The number of anilines is 1. The van der Waals surface area contributed by atoms with E-state index in [2.05, 4.69) is 36.6 Å². The van der Waals surface area contributed by atoms with Crippen LogP contribution in [0.25, 0.3) is 0 Å². The average Bonchev–Trinajstić information content (AvgIpc) is 3.02. The molecule has 1 aromatic carbocycles. The van der Waals surface area contributed by atoms with Crippen LogP contribution >= 0.6 is 11.6 Å². The number of aliphatic hydroxyl groups excluding tert-OH is 1. The lowest BCUT2D eigenvalue weighted by Crippen LogP contribution is -2.48. The van der Waals surface area contributed by atoms with Crippen molar-refractivity contribution >= 4 is 17.3 Å². The van der Waals surface area contributed by atoms with Gasteiger partial charge in [0.1, 0.15) is 0 Å². The second-order valence-corrected chi connectivity index (χ2v) is 10.6. The molecule has 2 saturated carbocycles. The second-order valence-electron chi connectivity index (χ2n) is 10.2. The molecule has 0 aromatic heterocycles. The third-order valence-electron chi connectivity index (χ3n) is 8.50. The van der Waals surface area contributed by atoms with E-state index >= 15 is 0 Å². The quantitative estimate of drug-likeness (QED) is 0.707. The summed E-state index contributed by atoms with van der Waals surface area (Å²) in [6.07, 6.45) is 4.62. The Labute approximate surface area is 181 Å². The number of fused-ring (bicyclic) bond motifs is 2. The van der Waals surface area contributed by atoms with Gasteiger partial charge in [-0.15, -0.1) is 0 Å². The summed E-state index contributed by atoms with van der Waals surface area (Å²) < 4.78 is 6.32. The lowest BCUT2D eigenvalue weighted by Gasteiger charge is -2.39. The van der Waals surface area contributed by atoms with Crippen LogP contribution in [-0.4, -0.2) is 61.5 Å². The maximum absolute atomic E-state index is 10.5. The van der Waals surface area contributed by atoms with E-state index < -0.39 is 0 Å². The number of β-amino-alcohol motifs (C(OH)–C–C–N with tert-alkyl or cyclic N) is 1. The van der Waals surface area contributed by atoms with E-state index in [4.69, 9.17) is 16.3 Å². The van der Waals surface area contributed by atoms with Crippen molar-refractivity contribution in [3.8, 4) is 0 Å². The van der Waals surface area contributed by atoms with Crippen molar-refractivity contribution in [2.75, 3.05) is 44.2 Å². The van der Waals surface area contributed by atoms with Crippen molar-refractivity contribution in [3.05, 3.63) is 29.3 Å². The number of piperazine rings is 1. The van der Waals surface area contributed by atoms with Gasteiger partial charge in [0.15, 0.2) is 0 Å². The van der Waals surface area contributed by atoms with Crippen molar-refractivity contribution in [2.24, 2.45) is 16.7 Å². The molecule has 1 aromatic rings. The first-order valence-corrected chi connectivity index (χ1v) is 11.7. The molecule has 29 heavy (non-hydrogen) atoms. The predicted octanol–water partition coefficient (Wildman–Crippen LogP) is 4.44. The minimum absolute atomic E-state index is 0.305. The molecule has 2 bridgehead atoms. The van der Waals surface area contributed by atoms with Crippen LogP contribution in [-0.2, 0) is 4.74 Å². The van der Waals surface area contributed by atoms with E-state index in [0.29, 0.717) is 23.5 Å². The van der Waals surface area contributed by atoms with Gasteiger partial charge in [-0.05, 0) is 60.6 Å². The van der Waals surface area contributed by atoms with Gasteiger partial charge in [-0.3, -0.25) is 4.90 Å². The van der Waals surface area contributed by atoms with Crippen molar-refractivity contribution in [2.45, 2.75) is 58.7 Å². The number of hydrogen-bond acceptors (Lipinski definition) is 4. The lowest BCUT2D eigenvalue weighted by atomic mass is 9.70. The van der Waals surface area contributed by atoms with Gasteiger partial charge >= 0.3 is 0 Å². The molecule has 4 atom stereocenters. The fourth-order valence-electron chi connectivity index (χ4n) is 5.98. The highest BCUT2D eigenvalue weighted by Crippen LogP contribution is 2.66. The first-order chi connectivity index (χ1) is 13.8. The highest BCUT2D eigenvalue weighted by Gasteiger charge is 2.61. The van der Waals surface area contributed by atoms with Gasteiger partial charge in [0, 0.05) is 50.0 Å². The Morgan fingerprint density at radius 1 is 1.21 bits per heavy atom. The highest BCUT2D eigenvalue weighted by molar-refractivity contribution is 6.30. The molecule has 0 unspecified atom stereocenters. The topological polar surface area (TPSA) is 35.9 Å². The van der Waals surface area contributed by atoms with Gasteiger partial charge in [0.05, 0.1) is 12.2 Å². The van der Waals surface area contributed by atoms with E-state index in [9.17, 15) is 5.11 Å². The van der Waals surface area contributed by atoms with E-state index in [1.807, 2.05) is 18.2 Å². The number of rotatable bonds is 7. The van der Waals surface area contributed by atoms with Crippen molar-refractivity contribution < 1.29 is 9.84 Å². The normalized spacial score (nSPS) is 32.7. The van der Waals surface area contributed by atoms with Gasteiger partial charge in [0.25, 0.3) is 0 Å². The third kappa shape index (κ3) is 4.19. The second kappa shape index (κ2) is 8.37. The summed E-state index contributed by atoms with van der Waals surface area (Å²) in [4.78, 5) is 4.74. The Morgan fingerprint density at radius 3 is 2.59 bits per heavy atom. The van der Waals surface area contributed by atoms with E-state index in [1.54, 1.807) is 0 Å². The SMILES string of the molecule is CC1(C)[C@H]2CC[C@@]1(C)[C@@H](OCC[C@@H](O)CN1CCN(c3cccc(Cl)c3)CC1)C2. The number of ether oxygens (including phenoxy) is 1. The van der Waals surface area contributed by atoms with E-state index in [1.165, 1.54) is 24.9 Å². The number of halogens is 1. The number of nitrogens with zero attached hydrogens (tertiary/aromatic N) is 2. The summed E-state index contributed by atoms with van der Waals surface area (Å²) in [5.74, 6) is 0.804. The fraction of sp³-hybridized carbons (Fsp3) is 0.750. The predicted molar refractivity (Wildman–Crippen MR) is 120 cm³/mol. The minimum atomic E-state index is -0.313. The van der Waals surface area contributed by atoms with Crippen LogP contribution in [0.3, 0.4) is 0 Å². The molecular formula is C24H37ClN2O2. The van der Waals surface area contributed by atoms with Crippen LogP contribution < -0.4 is 4.90 Å². The standard InChI is InChI=1S/C24H37ClN2O2/c1-23(2)18-7-9-24(23,3)22(15-18)29-14-8-21(28)17-26-10-12-27(13-11-26)20-6-4-5-19(25)16-20/h4-6,16,18,21-22,28H,7-15,17H2,1-3H3/t18-,21+,22-,24-/m0/s1. The third-order valence-corrected chi connectivity index (χ3v) is 8.73. The zero-order valence-corrected chi connectivity index (χ0v) is 19.0. The number of benzene rings is 1. The Kier molecular flexibility index (Phi) is 6.19. The van der Waals surface area contributed by atoms with Crippen LogP contribution in [0, 0.1) is 16.7 Å². The van der Waals surface area contributed by atoms with Crippen LogP contribution in [0.5, 0.6) is 0 Å². The average molecular weight is 421 g/mol. The largest absolute Gasteiger partial charge is 0.392 e.